The highest BCUT2D eigenvalue weighted by Crippen LogP contribution is 2.35. The predicted octanol–water partition coefficient (Wildman–Crippen LogP) is 1.85. The smallest absolute Gasteiger partial charge is 0.356 e. The van der Waals surface area contributed by atoms with Gasteiger partial charge in [-0.05, 0) is 19.8 Å². The Morgan fingerprint density at radius 3 is 2.79 bits per heavy atom. The summed E-state index contributed by atoms with van der Waals surface area (Å²) >= 11 is 0. The second kappa shape index (κ2) is 5.20. The maximum Gasteiger partial charge on any atom is 0.393 e. The van der Waals surface area contributed by atoms with Crippen LogP contribution >= 0.6 is 0 Å². The van der Waals surface area contributed by atoms with E-state index in [1.54, 1.807) is 11.8 Å². The van der Waals surface area contributed by atoms with Crippen molar-refractivity contribution in [3.05, 3.63) is 11.9 Å². The van der Waals surface area contributed by atoms with Crippen LogP contribution < -0.4 is 16.2 Å². The van der Waals surface area contributed by atoms with Crippen molar-refractivity contribution in [3.63, 3.8) is 0 Å². The van der Waals surface area contributed by atoms with Gasteiger partial charge in [0.25, 0.3) is 0 Å². The van der Waals surface area contributed by atoms with E-state index in [-0.39, 0.29) is 13.0 Å². The van der Waals surface area contributed by atoms with Gasteiger partial charge in [0.2, 0.25) is 0 Å². The maximum absolute atomic E-state index is 12.8. The molecule has 0 amide bonds. The van der Waals surface area contributed by atoms with Crippen LogP contribution in [0.2, 0.25) is 0 Å². The van der Waals surface area contributed by atoms with Gasteiger partial charge in [-0.1, -0.05) is 0 Å². The zero-order valence-corrected chi connectivity index (χ0v) is 10.5. The van der Waals surface area contributed by atoms with Crippen LogP contribution in [0, 0.1) is 12.8 Å². The molecule has 0 aliphatic carbocycles. The lowest BCUT2D eigenvalue weighted by atomic mass is 9.97. The molecule has 3 N–H and O–H groups in total. The molecule has 0 saturated carbocycles. The number of anilines is 2. The van der Waals surface area contributed by atoms with Crippen LogP contribution in [0.25, 0.3) is 0 Å². The van der Waals surface area contributed by atoms with E-state index in [0.717, 1.165) is 0 Å². The molecule has 1 aromatic heterocycles. The van der Waals surface area contributed by atoms with E-state index in [1.165, 1.54) is 6.33 Å². The van der Waals surface area contributed by atoms with Crippen molar-refractivity contribution >= 4 is 11.6 Å². The molecular formula is C11H16F3N5. The fraction of sp³-hybridized carbons (Fsp3) is 0.636. The number of hydrazine groups is 1. The van der Waals surface area contributed by atoms with E-state index < -0.39 is 12.1 Å². The Morgan fingerprint density at radius 2 is 2.16 bits per heavy atom. The molecule has 1 aromatic rings. The Balaban J connectivity index is 2.22. The minimum absolute atomic E-state index is 0.0641. The van der Waals surface area contributed by atoms with Crippen LogP contribution in [0.3, 0.4) is 0 Å². The Hall–Kier alpha value is -1.57. The van der Waals surface area contributed by atoms with Crippen molar-refractivity contribution in [2.24, 2.45) is 11.8 Å². The first-order chi connectivity index (χ1) is 8.93. The largest absolute Gasteiger partial charge is 0.393 e. The van der Waals surface area contributed by atoms with E-state index in [1.807, 2.05) is 0 Å². The third kappa shape index (κ3) is 2.89. The molecule has 106 valence electrons. The molecule has 1 aliphatic heterocycles. The second-order valence-electron chi connectivity index (χ2n) is 4.64. The van der Waals surface area contributed by atoms with E-state index in [4.69, 9.17) is 5.84 Å². The van der Waals surface area contributed by atoms with Crippen molar-refractivity contribution in [2.45, 2.75) is 25.9 Å². The number of nitrogens with two attached hydrogens (primary N) is 1. The van der Waals surface area contributed by atoms with Crippen LogP contribution in [-0.2, 0) is 0 Å². The predicted molar refractivity (Wildman–Crippen MR) is 65.6 cm³/mol. The first kappa shape index (κ1) is 13.9. The Morgan fingerprint density at radius 1 is 1.42 bits per heavy atom. The molecule has 2 heterocycles. The van der Waals surface area contributed by atoms with Crippen LogP contribution in [-0.4, -0.2) is 29.2 Å². The number of halogens is 3. The summed E-state index contributed by atoms with van der Waals surface area (Å²) in [7, 11) is 0. The fourth-order valence-electron chi connectivity index (χ4n) is 2.34. The number of hydrogen-bond donors (Lipinski definition) is 2. The number of nitrogens with one attached hydrogen (secondary N) is 1. The van der Waals surface area contributed by atoms with Gasteiger partial charge in [0, 0.05) is 18.7 Å². The first-order valence-electron chi connectivity index (χ1n) is 6.03. The topological polar surface area (TPSA) is 67.1 Å². The molecule has 0 spiro atoms. The SMILES string of the molecule is Cc1c(NN)ncnc1N1CCCC(C(F)(F)F)C1. The number of alkyl halides is 3. The van der Waals surface area contributed by atoms with Crippen molar-refractivity contribution in [1.29, 1.82) is 0 Å². The number of hydrogen-bond acceptors (Lipinski definition) is 5. The van der Waals surface area contributed by atoms with Gasteiger partial charge in [-0.15, -0.1) is 0 Å². The molecule has 1 fully saturated rings. The van der Waals surface area contributed by atoms with Crippen molar-refractivity contribution in [1.82, 2.24) is 9.97 Å². The summed E-state index contributed by atoms with van der Waals surface area (Å²) in [5, 5.41) is 0. The molecule has 0 bridgehead atoms. The van der Waals surface area contributed by atoms with Gasteiger partial charge in [-0.3, -0.25) is 0 Å². The highest BCUT2D eigenvalue weighted by molar-refractivity contribution is 5.57. The molecular weight excluding hydrogens is 259 g/mol. The monoisotopic (exact) mass is 275 g/mol. The summed E-state index contributed by atoms with van der Waals surface area (Å²) in [6.45, 7) is 2.24. The number of rotatable bonds is 2. The van der Waals surface area contributed by atoms with Crippen LogP contribution in [0.1, 0.15) is 18.4 Å². The van der Waals surface area contributed by atoms with E-state index in [2.05, 4.69) is 15.4 Å². The highest BCUT2D eigenvalue weighted by Gasteiger charge is 2.42. The molecule has 1 aliphatic rings. The number of nitrogens with zero attached hydrogens (tertiary/aromatic N) is 3. The van der Waals surface area contributed by atoms with Gasteiger partial charge < -0.3 is 10.3 Å². The summed E-state index contributed by atoms with van der Waals surface area (Å²) in [5.74, 6) is 4.95. The average molecular weight is 275 g/mol. The summed E-state index contributed by atoms with van der Waals surface area (Å²) in [5.41, 5.74) is 3.08. The lowest BCUT2D eigenvalue weighted by molar-refractivity contribution is -0.176. The first-order valence-corrected chi connectivity index (χ1v) is 6.03. The molecule has 1 saturated heterocycles. The standard InChI is InChI=1S/C11H16F3N5/c1-7-9(18-15)16-6-17-10(7)19-4-2-3-8(5-19)11(12,13)14/h6,8H,2-5,15H2,1H3,(H,16,17,18). The van der Waals surface area contributed by atoms with E-state index >= 15 is 0 Å². The molecule has 8 heteroatoms. The molecule has 5 nitrogen and oxygen atoms in total. The summed E-state index contributed by atoms with van der Waals surface area (Å²) in [4.78, 5) is 9.66. The minimum atomic E-state index is -4.16. The zero-order chi connectivity index (χ0) is 14.0. The van der Waals surface area contributed by atoms with E-state index in [9.17, 15) is 13.2 Å². The molecule has 1 unspecified atom stereocenters. The van der Waals surface area contributed by atoms with Gasteiger partial charge in [0.1, 0.15) is 18.0 Å². The van der Waals surface area contributed by atoms with Crippen molar-refractivity contribution in [3.8, 4) is 0 Å². The summed E-state index contributed by atoms with van der Waals surface area (Å²) in [6.07, 6.45) is -2.19. The number of piperidine rings is 1. The molecule has 2 rings (SSSR count). The van der Waals surface area contributed by atoms with Crippen LogP contribution in [0.4, 0.5) is 24.8 Å². The third-order valence-corrected chi connectivity index (χ3v) is 3.38. The van der Waals surface area contributed by atoms with Gasteiger partial charge in [0.05, 0.1) is 5.92 Å². The summed E-state index contributed by atoms with van der Waals surface area (Å²) < 4.78 is 38.4. The van der Waals surface area contributed by atoms with Gasteiger partial charge >= 0.3 is 6.18 Å². The van der Waals surface area contributed by atoms with E-state index in [0.29, 0.717) is 30.2 Å². The lowest BCUT2D eigenvalue weighted by Crippen LogP contribution is -2.42. The van der Waals surface area contributed by atoms with Crippen molar-refractivity contribution in [2.75, 3.05) is 23.4 Å². The second-order valence-corrected chi connectivity index (χ2v) is 4.64. The third-order valence-electron chi connectivity index (χ3n) is 3.38. The fourth-order valence-corrected chi connectivity index (χ4v) is 2.34. The normalized spacial score (nSPS) is 20.5. The van der Waals surface area contributed by atoms with Gasteiger partial charge in [0.15, 0.2) is 0 Å². The highest BCUT2D eigenvalue weighted by atomic mass is 19.4. The average Bonchev–Trinajstić information content (AvgIpc) is 2.38. The quantitative estimate of drug-likeness (QED) is 0.637. The molecule has 19 heavy (non-hydrogen) atoms. The Labute approximate surface area is 109 Å². The van der Waals surface area contributed by atoms with Gasteiger partial charge in [-0.25, -0.2) is 15.8 Å². The molecule has 0 radical (unpaired) electrons. The van der Waals surface area contributed by atoms with Crippen LogP contribution in [0.15, 0.2) is 6.33 Å². The lowest BCUT2D eigenvalue weighted by Gasteiger charge is -2.35. The van der Waals surface area contributed by atoms with Crippen molar-refractivity contribution < 1.29 is 13.2 Å². The van der Waals surface area contributed by atoms with Crippen LogP contribution in [0.5, 0.6) is 0 Å². The number of aromatic nitrogens is 2. The Bertz CT molecular complexity index is 448. The van der Waals surface area contributed by atoms with Gasteiger partial charge in [-0.2, -0.15) is 13.2 Å². The zero-order valence-electron chi connectivity index (χ0n) is 10.5. The molecule has 1 atom stereocenters. The Kier molecular flexibility index (Phi) is 3.79. The molecule has 0 aromatic carbocycles. The summed E-state index contributed by atoms with van der Waals surface area (Å²) in [6, 6.07) is 0. The minimum Gasteiger partial charge on any atom is -0.356 e. The maximum atomic E-state index is 12.8. The number of nitrogen functional groups attached to an aromatic ring is 1.